The molecule has 0 fully saturated rings. The van der Waals surface area contributed by atoms with E-state index in [9.17, 15) is 14.0 Å². The van der Waals surface area contributed by atoms with Crippen molar-refractivity contribution in [1.82, 2.24) is 15.2 Å². The van der Waals surface area contributed by atoms with Crippen molar-refractivity contribution in [2.75, 3.05) is 12.0 Å². The van der Waals surface area contributed by atoms with E-state index < -0.39 is 5.82 Å². The molecule has 1 aliphatic heterocycles. The van der Waals surface area contributed by atoms with Crippen LogP contribution < -0.4 is 19.9 Å². The van der Waals surface area contributed by atoms with Crippen LogP contribution in [-0.4, -0.2) is 28.2 Å². The van der Waals surface area contributed by atoms with Crippen LogP contribution in [0.5, 0.6) is 11.5 Å². The topological polar surface area (TPSA) is 97.4 Å². The summed E-state index contributed by atoms with van der Waals surface area (Å²) in [4.78, 5) is 29.2. The first-order valence-corrected chi connectivity index (χ1v) is 8.37. The summed E-state index contributed by atoms with van der Waals surface area (Å²) in [6, 6.07) is 9.40. The molecule has 1 aromatic carbocycles. The summed E-state index contributed by atoms with van der Waals surface area (Å²) in [6.45, 7) is 0.432. The third-order valence-corrected chi connectivity index (χ3v) is 4.31. The van der Waals surface area contributed by atoms with Crippen LogP contribution in [0.25, 0.3) is 0 Å². The molecule has 1 aliphatic rings. The normalized spacial score (nSPS) is 12.8. The van der Waals surface area contributed by atoms with Crippen LogP contribution in [0, 0.1) is 5.82 Å². The minimum absolute atomic E-state index is 0.0946. The fourth-order valence-corrected chi connectivity index (χ4v) is 2.91. The fraction of sp³-hybridized carbons (Fsp3) is 0.158. The molecule has 0 bridgehead atoms. The van der Waals surface area contributed by atoms with Crippen LogP contribution in [-0.2, 0) is 13.2 Å². The predicted molar refractivity (Wildman–Crippen MR) is 96.9 cm³/mol. The second-order valence-corrected chi connectivity index (χ2v) is 6.09. The molecule has 3 aromatic rings. The second kappa shape index (κ2) is 7.10. The van der Waals surface area contributed by atoms with Gasteiger partial charge in [0.15, 0.2) is 17.4 Å². The molecular weight excluding hydrogens is 367 g/mol. The third-order valence-electron chi connectivity index (χ3n) is 4.31. The fourth-order valence-electron chi connectivity index (χ4n) is 2.91. The number of carbonyl (C=O) groups excluding carboxylic acids is 1. The molecule has 28 heavy (non-hydrogen) atoms. The Hall–Kier alpha value is -3.75. The molecule has 1 N–H and O–H groups in total. The highest BCUT2D eigenvalue weighted by molar-refractivity contribution is 6.09. The van der Waals surface area contributed by atoms with Gasteiger partial charge in [0.25, 0.3) is 11.5 Å². The quantitative estimate of drug-likeness (QED) is 0.725. The average Bonchev–Trinajstić information content (AvgIpc) is 3.04. The number of anilines is 1. The van der Waals surface area contributed by atoms with Crippen LogP contribution in [0.4, 0.5) is 10.2 Å². The molecule has 2 aromatic heterocycles. The van der Waals surface area contributed by atoms with Crippen molar-refractivity contribution in [2.45, 2.75) is 13.2 Å². The first-order chi connectivity index (χ1) is 13.5. The van der Waals surface area contributed by atoms with Crippen LogP contribution in [0.15, 0.2) is 47.4 Å². The van der Waals surface area contributed by atoms with Gasteiger partial charge in [0.2, 0.25) is 0 Å². The Balaban J connectivity index is 1.50. The van der Waals surface area contributed by atoms with E-state index in [1.54, 1.807) is 18.2 Å². The number of H-pyrrole nitrogens is 1. The standard InChI is InChI=1S/C19H15FN4O4/c1-27-16-7-12(21-8-15(16)20)10-28-13-2-3-14-11(6-13)9-24(19(14)26)17-4-5-18(25)23-22-17/h2-8H,9-10H2,1H3,(H,23,25). The zero-order chi connectivity index (χ0) is 19.7. The molecule has 0 saturated heterocycles. The maximum Gasteiger partial charge on any atom is 0.264 e. The van der Waals surface area contributed by atoms with Gasteiger partial charge in [-0.1, -0.05) is 0 Å². The largest absolute Gasteiger partial charge is 0.494 e. The number of nitrogens with one attached hydrogen (secondary N) is 1. The van der Waals surface area contributed by atoms with Gasteiger partial charge in [-0.05, 0) is 29.8 Å². The maximum atomic E-state index is 13.4. The number of aromatic amines is 1. The molecule has 0 radical (unpaired) electrons. The summed E-state index contributed by atoms with van der Waals surface area (Å²) in [7, 11) is 1.38. The molecule has 8 nitrogen and oxygen atoms in total. The van der Waals surface area contributed by atoms with Crippen molar-refractivity contribution in [3.05, 3.63) is 75.6 Å². The molecular formula is C19H15FN4O4. The number of methoxy groups -OCH3 is 1. The lowest BCUT2D eigenvalue weighted by Crippen LogP contribution is -2.25. The molecule has 0 atom stereocenters. The van der Waals surface area contributed by atoms with Gasteiger partial charge in [0.1, 0.15) is 12.4 Å². The SMILES string of the molecule is COc1cc(COc2ccc3c(c2)CN(c2ccc(=O)[nH]n2)C3=O)ncc1F. The zero-order valence-electron chi connectivity index (χ0n) is 14.8. The summed E-state index contributed by atoms with van der Waals surface area (Å²) in [6.07, 6.45) is 1.08. The first kappa shape index (κ1) is 17.7. The van der Waals surface area contributed by atoms with Crippen molar-refractivity contribution < 1.29 is 18.7 Å². The summed E-state index contributed by atoms with van der Waals surface area (Å²) in [5, 5.41) is 6.22. The van der Waals surface area contributed by atoms with Crippen LogP contribution in [0.1, 0.15) is 21.6 Å². The summed E-state index contributed by atoms with van der Waals surface area (Å²) in [5.41, 5.74) is 1.49. The number of nitrogens with zero attached hydrogens (tertiary/aromatic N) is 3. The summed E-state index contributed by atoms with van der Waals surface area (Å²) < 4.78 is 24.1. The van der Waals surface area contributed by atoms with E-state index in [1.165, 1.54) is 30.2 Å². The summed E-state index contributed by atoms with van der Waals surface area (Å²) >= 11 is 0. The van der Waals surface area contributed by atoms with Crippen molar-refractivity contribution in [3.63, 3.8) is 0 Å². The highest BCUT2D eigenvalue weighted by Gasteiger charge is 2.29. The average molecular weight is 382 g/mol. The first-order valence-electron chi connectivity index (χ1n) is 8.37. The number of halogens is 1. The number of amides is 1. The number of aromatic nitrogens is 3. The monoisotopic (exact) mass is 382 g/mol. The summed E-state index contributed by atoms with van der Waals surface area (Å²) in [5.74, 6) is 0.264. The maximum absolute atomic E-state index is 13.4. The van der Waals surface area contributed by atoms with E-state index in [4.69, 9.17) is 9.47 Å². The van der Waals surface area contributed by atoms with Crippen molar-refractivity contribution in [2.24, 2.45) is 0 Å². The van der Waals surface area contributed by atoms with E-state index in [0.29, 0.717) is 29.4 Å². The number of hydrogen-bond acceptors (Lipinski definition) is 6. The molecule has 142 valence electrons. The number of ether oxygens (including phenoxy) is 2. The van der Waals surface area contributed by atoms with Gasteiger partial charge in [-0.15, -0.1) is 0 Å². The molecule has 1 amide bonds. The smallest absolute Gasteiger partial charge is 0.264 e. The lowest BCUT2D eigenvalue weighted by atomic mass is 10.1. The third kappa shape index (κ3) is 3.29. The van der Waals surface area contributed by atoms with Gasteiger partial charge in [-0.3, -0.25) is 19.5 Å². The van der Waals surface area contributed by atoms with Crippen molar-refractivity contribution in [3.8, 4) is 11.5 Å². The number of fused-ring (bicyclic) bond motifs is 1. The van der Waals surface area contributed by atoms with E-state index >= 15 is 0 Å². The van der Waals surface area contributed by atoms with Gasteiger partial charge >= 0.3 is 0 Å². The zero-order valence-corrected chi connectivity index (χ0v) is 14.8. The molecule has 3 heterocycles. The van der Waals surface area contributed by atoms with E-state index in [1.807, 2.05) is 0 Å². The van der Waals surface area contributed by atoms with Crippen molar-refractivity contribution >= 4 is 11.7 Å². The van der Waals surface area contributed by atoms with E-state index in [-0.39, 0.29) is 23.8 Å². The molecule has 0 saturated carbocycles. The predicted octanol–water partition coefficient (Wildman–Crippen LogP) is 2.05. The van der Waals surface area contributed by atoms with E-state index in [0.717, 1.165) is 11.8 Å². The van der Waals surface area contributed by atoms with Gasteiger partial charge in [-0.2, -0.15) is 5.10 Å². The number of carbonyl (C=O) groups is 1. The lowest BCUT2D eigenvalue weighted by molar-refractivity contribution is 0.0995. The number of benzene rings is 1. The van der Waals surface area contributed by atoms with Gasteiger partial charge in [-0.25, -0.2) is 9.49 Å². The number of rotatable bonds is 5. The van der Waals surface area contributed by atoms with Crippen LogP contribution in [0.3, 0.4) is 0 Å². The molecule has 0 spiro atoms. The Kier molecular flexibility index (Phi) is 4.48. The Morgan fingerprint density at radius 3 is 2.82 bits per heavy atom. The van der Waals surface area contributed by atoms with Crippen LogP contribution in [0.2, 0.25) is 0 Å². The Labute approximate surface area is 158 Å². The molecule has 0 unspecified atom stereocenters. The minimum Gasteiger partial charge on any atom is -0.494 e. The Bertz CT molecular complexity index is 1090. The highest BCUT2D eigenvalue weighted by Crippen LogP contribution is 2.29. The highest BCUT2D eigenvalue weighted by atomic mass is 19.1. The second-order valence-electron chi connectivity index (χ2n) is 6.09. The Morgan fingerprint density at radius 1 is 1.21 bits per heavy atom. The Morgan fingerprint density at radius 2 is 2.07 bits per heavy atom. The number of pyridine rings is 1. The van der Waals surface area contributed by atoms with Gasteiger partial charge in [0, 0.05) is 17.7 Å². The molecule has 4 rings (SSSR count). The van der Waals surface area contributed by atoms with Gasteiger partial charge in [0.05, 0.1) is 25.5 Å². The van der Waals surface area contributed by atoms with Crippen molar-refractivity contribution in [1.29, 1.82) is 0 Å². The van der Waals surface area contributed by atoms with Crippen LogP contribution >= 0.6 is 0 Å². The van der Waals surface area contributed by atoms with E-state index in [2.05, 4.69) is 15.2 Å². The molecule has 9 heteroatoms. The lowest BCUT2D eigenvalue weighted by Gasteiger charge is -2.12. The molecule has 0 aliphatic carbocycles. The van der Waals surface area contributed by atoms with Gasteiger partial charge < -0.3 is 9.47 Å². The minimum atomic E-state index is -0.543. The number of hydrogen-bond donors (Lipinski definition) is 1.